The highest BCUT2D eigenvalue weighted by Crippen LogP contribution is 2.35. The lowest BCUT2D eigenvalue weighted by Crippen LogP contribution is -1.92. The van der Waals surface area contributed by atoms with Gasteiger partial charge in [0.15, 0.2) is 0 Å². The van der Waals surface area contributed by atoms with Crippen LogP contribution in [0.2, 0.25) is 5.02 Å². The van der Waals surface area contributed by atoms with E-state index in [-0.39, 0.29) is 0 Å². The van der Waals surface area contributed by atoms with Crippen molar-refractivity contribution in [3.05, 3.63) is 47.0 Å². The van der Waals surface area contributed by atoms with Crippen LogP contribution in [-0.2, 0) is 6.42 Å². The number of hydrogen-bond acceptors (Lipinski definition) is 2. The van der Waals surface area contributed by atoms with Crippen LogP contribution in [0, 0.1) is 0 Å². The Kier molecular flexibility index (Phi) is 3.70. The first kappa shape index (κ1) is 13.1. The number of H-pyrrole nitrogens is 1. The molecule has 0 spiro atoms. The van der Waals surface area contributed by atoms with Crippen LogP contribution in [0.3, 0.4) is 0 Å². The molecule has 3 rings (SSSR count). The Hall–Kier alpha value is -1.87. The first-order chi connectivity index (χ1) is 9.81. The number of rotatable bonds is 4. The van der Waals surface area contributed by atoms with E-state index in [0.29, 0.717) is 0 Å². The number of aromatic nitrogens is 3. The zero-order chi connectivity index (χ0) is 13.9. The predicted octanol–water partition coefficient (Wildman–Crippen LogP) is 4.62. The van der Waals surface area contributed by atoms with Gasteiger partial charge in [-0.25, -0.2) is 0 Å². The summed E-state index contributed by atoms with van der Waals surface area (Å²) in [4.78, 5) is 0. The fourth-order valence-corrected chi connectivity index (χ4v) is 2.75. The summed E-state index contributed by atoms with van der Waals surface area (Å²) in [6.45, 7) is 2.20. The Morgan fingerprint density at radius 2 is 2.00 bits per heavy atom. The smallest absolute Gasteiger partial charge is 0.122 e. The van der Waals surface area contributed by atoms with Gasteiger partial charge in [0.2, 0.25) is 0 Å². The van der Waals surface area contributed by atoms with Gasteiger partial charge in [-0.15, -0.1) is 5.10 Å². The largest absolute Gasteiger partial charge is 0.258 e. The van der Waals surface area contributed by atoms with Crippen molar-refractivity contribution in [2.45, 2.75) is 26.2 Å². The number of hydrogen-bond donors (Lipinski definition) is 1. The summed E-state index contributed by atoms with van der Waals surface area (Å²) >= 11 is 6.42. The van der Waals surface area contributed by atoms with Gasteiger partial charge in [-0.3, -0.25) is 5.10 Å². The number of fused-ring (bicyclic) bond motifs is 1. The van der Waals surface area contributed by atoms with Crippen LogP contribution in [0.15, 0.2) is 36.4 Å². The second-order valence-electron chi connectivity index (χ2n) is 4.89. The van der Waals surface area contributed by atoms with Crippen LogP contribution in [0.25, 0.3) is 22.2 Å². The normalized spacial score (nSPS) is 11.1. The van der Waals surface area contributed by atoms with Gasteiger partial charge in [-0.1, -0.05) is 54.4 Å². The molecule has 0 saturated carbocycles. The maximum absolute atomic E-state index is 6.42. The van der Waals surface area contributed by atoms with Crippen LogP contribution in [0.5, 0.6) is 0 Å². The summed E-state index contributed by atoms with van der Waals surface area (Å²) in [7, 11) is 0. The summed E-state index contributed by atoms with van der Waals surface area (Å²) in [6.07, 6.45) is 3.40. The summed E-state index contributed by atoms with van der Waals surface area (Å²) in [6, 6.07) is 12.2. The van der Waals surface area contributed by atoms with E-state index < -0.39 is 0 Å². The lowest BCUT2D eigenvalue weighted by Gasteiger charge is -2.11. The van der Waals surface area contributed by atoms with Gasteiger partial charge in [-0.05, 0) is 36.1 Å². The molecule has 0 fully saturated rings. The molecule has 0 amide bonds. The number of aromatic amines is 1. The fraction of sp³-hybridized carbons (Fsp3) is 0.250. The predicted molar refractivity (Wildman–Crippen MR) is 82.9 cm³/mol. The van der Waals surface area contributed by atoms with Crippen molar-refractivity contribution in [2.24, 2.45) is 0 Å². The van der Waals surface area contributed by atoms with E-state index in [4.69, 9.17) is 11.6 Å². The molecule has 0 bridgehead atoms. The standard InChI is InChI=1S/C16H16ClN3/c1-2-3-6-11-7-4-5-8-12(11)15-13(17)9-10-14-16(15)19-20-18-14/h4-5,7-10H,2-3,6H2,1H3,(H,18,19,20). The number of nitrogens with zero attached hydrogens (tertiary/aromatic N) is 2. The van der Waals surface area contributed by atoms with E-state index in [2.05, 4.69) is 40.5 Å². The lowest BCUT2D eigenvalue weighted by molar-refractivity contribution is 0.796. The Morgan fingerprint density at radius 3 is 2.85 bits per heavy atom. The summed E-state index contributed by atoms with van der Waals surface area (Å²) < 4.78 is 0. The van der Waals surface area contributed by atoms with Crippen LogP contribution >= 0.6 is 11.6 Å². The van der Waals surface area contributed by atoms with Crippen molar-refractivity contribution < 1.29 is 0 Å². The van der Waals surface area contributed by atoms with Gasteiger partial charge in [0.25, 0.3) is 0 Å². The molecule has 2 aromatic carbocycles. The van der Waals surface area contributed by atoms with Crippen molar-refractivity contribution in [3.8, 4) is 11.1 Å². The zero-order valence-corrected chi connectivity index (χ0v) is 12.1. The minimum atomic E-state index is 0.718. The van der Waals surface area contributed by atoms with Crippen LogP contribution in [0.1, 0.15) is 25.3 Å². The maximum atomic E-state index is 6.42. The zero-order valence-electron chi connectivity index (χ0n) is 11.4. The SMILES string of the molecule is CCCCc1ccccc1-c1c(Cl)ccc2[nH]nnc12. The summed E-state index contributed by atoms with van der Waals surface area (Å²) in [5.41, 5.74) is 5.19. The molecule has 1 heterocycles. The highest BCUT2D eigenvalue weighted by molar-refractivity contribution is 6.34. The third-order valence-corrected chi connectivity index (χ3v) is 3.85. The monoisotopic (exact) mass is 285 g/mol. The van der Waals surface area contributed by atoms with Gasteiger partial charge in [0, 0.05) is 5.56 Å². The Bertz CT molecular complexity index is 733. The average Bonchev–Trinajstić information content (AvgIpc) is 2.94. The van der Waals surface area contributed by atoms with E-state index in [1.165, 1.54) is 18.4 Å². The summed E-state index contributed by atoms with van der Waals surface area (Å²) in [5.74, 6) is 0. The van der Waals surface area contributed by atoms with Crippen molar-refractivity contribution >= 4 is 22.6 Å². The second kappa shape index (κ2) is 5.63. The molecule has 0 aliphatic heterocycles. The third-order valence-electron chi connectivity index (χ3n) is 3.53. The van der Waals surface area contributed by atoms with E-state index in [1.54, 1.807) is 0 Å². The number of nitrogens with one attached hydrogen (secondary N) is 1. The highest BCUT2D eigenvalue weighted by atomic mass is 35.5. The molecule has 4 heteroatoms. The van der Waals surface area contributed by atoms with Gasteiger partial charge < -0.3 is 0 Å². The molecule has 20 heavy (non-hydrogen) atoms. The second-order valence-corrected chi connectivity index (χ2v) is 5.30. The van der Waals surface area contributed by atoms with Crippen LogP contribution < -0.4 is 0 Å². The van der Waals surface area contributed by atoms with Gasteiger partial charge >= 0.3 is 0 Å². The topological polar surface area (TPSA) is 41.6 Å². The third kappa shape index (κ3) is 2.29. The van der Waals surface area contributed by atoms with Gasteiger partial charge in [-0.2, -0.15) is 0 Å². The van der Waals surface area contributed by atoms with Crippen LogP contribution in [-0.4, -0.2) is 15.4 Å². The van der Waals surface area contributed by atoms with Gasteiger partial charge in [0.1, 0.15) is 5.52 Å². The molecule has 1 N–H and O–H groups in total. The van der Waals surface area contributed by atoms with Crippen LogP contribution in [0.4, 0.5) is 0 Å². The Morgan fingerprint density at radius 1 is 1.15 bits per heavy atom. The number of halogens is 1. The first-order valence-corrected chi connectivity index (χ1v) is 7.26. The molecule has 1 aromatic heterocycles. The molecule has 3 nitrogen and oxygen atoms in total. The molecular weight excluding hydrogens is 270 g/mol. The molecule has 0 saturated heterocycles. The van der Waals surface area contributed by atoms with E-state index >= 15 is 0 Å². The van der Waals surface area contributed by atoms with Crippen molar-refractivity contribution in [2.75, 3.05) is 0 Å². The first-order valence-electron chi connectivity index (χ1n) is 6.88. The minimum Gasteiger partial charge on any atom is -0.258 e. The molecule has 0 atom stereocenters. The quantitative estimate of drug-likeness (QED) is 0.760. The molecule has 0 aliphatic carbocycles. The lowest BCUT2D eigenvalue weighted by atomic mass is 9.95. The van der Waals surface area contributed by atoms with Crippen molar-refractivity contribution in [3.63, 3.8) is 0 Å². The van der Waals surface area contributed by atoms with E-state index in [1.807, 2.05) is 18.2 Å². The molecular formula is C16H16ClN3. The minimum absolute atomic E-state index is 0.718. The van der Waals surface area contributed by atoms with E-state index in [0.717, 1.165) is 33.6 Å². The fourth-order valence-electron chi connectivity index (χ4n) is 2.50. The highest BCUT2D eigenvalue weighted by Gasteiger charge is 2.14. The number of unbranched alkanes of at least 4 members (excludes halogenated alkanes) is 1. The Labute approximate surface area is 123 Å². The van der Waals surface area contributed by atoms with Crippen molar-refractivity contribution in [1.82, 2.24) is 15.4 Å². The average molecular weight is 286 g/mol. The van der Waals surface area contributed by atoms with E-state index in [9.17, 15) is 0 Å². The molecule has 3 aromatic rings. The van der Waals surface area contributed by atoms with Gasteiger partial charge in [0.05, 0.1) is 10.5 Å². The maximum Gasteiger partial charge on any atom is 0.122 e. The molecule has 0 unspecified atom stereocenters. The Balaban J connectivity index is 2.20. The molecule has 0 aliphatic rings. The molecule has 102 valence electrons. The van der Waals surface area contributed by atoms with Crippen molar-refractivity contribution in [1.29, 1.82) is 0 Å². The number of benzene rings is 2. The number of aryl methyl sites for hydroxylation is 1. The summed E-state index contributed by atoms with van der Waals surface area (Å²) in [5, 5.41) is 11.7. The molecule has 0 radical (unpaired) electrons.